The minimum Gasteiger partial charge on any atom is -0.396 e. The summed E-state index contributed by atoms with van der Waals surface area (Å²) in [6.45, 7) is 5.16. The zero-order valence-electron chi connectivity index (χ0n) is 16.8. The van der Waals surface area contributed by atoms with E-state index in [9.17, 15) is 13.5 Å². The van der Waals surface area contributed by atoms with Crippen molar-refractivity contribution in [2.45, 2.75) is 50.1 Å². The van der Waals surface area contributed by atoms with E-state index in [0.717, 1.165) is 23.6 Å². The third kappa shape index (κ3) is 6.83. The zero-order valence-corrected chi connectivity index (χ0v) is 17.6. The molecule has 0 unspecified atom stereocenters. The molecule has 0 amide bonds. The van der Waals surface area contributed by atoms with Crippen molar-refractivity contribution in [3.05, 3.63) is 42.5 Å². The Labute approximate surface area is 168 Å². The van der Waals surface area contributed by atoms with Gasteiger partial charge < -0.3 is 16.2 Å². The molecule has 0 bridgehead atoms. The lowest BCUT2D eigenvalue weighted by Gasteiger charge is -2.23. The summed E-state index contributed by atoms with van der Waals surface area (Å²) in [5.41, 5.74) is 5.84. The van der Waals surface area contributed by atoms with Crippen molar-refractivity contribution in [1.29, 1.82) is 0 Å². The van der Waals surface area contributed by atoms with Crippen LogP contribution in [0.5, 0.6) is 0 Å². The molecule has 6 nitrogen and oxygen atoms in total. The van der Waals surface area contributed by atoms with Crippen LogP contribution in [0.2, 0.25) is 0 Å². The Hall–Kier alpha value is -1.51. The summed E-state index contributed by atoms with van der Waals surface area (Å²) < 4.78 is 28.4. The van der Waals surface area contributed by atoms with Crippen molar-refractivity contribution in [2.24, 2.45) is 11.7 Å². The van der Waals surface area contributed by atoms with E-state index < -0.39 is 16.1 Å². The van der Waals surface area contributed by atoms with Gasteiger partial charge in [0.2, 0.25) is 10.0 Å². The molecule has 0 aromatic heterocycles. The fourth-order valence-electron chi connectivity index (χ4n) is 3.13. The number of aliphatic hydroxyl groups is 1. The standard InChI is InChI=1S/C21H33N3O3S/c1-16(2)7-9-19(14-22)23-15-20(11-12-25)24-28(26,27)21-10-8-17-5-3-4-6-18(17)13-21/h3-6,8,10,13,16,19-20,23-25H,7,9,11-12,14-15,22H2,1-2H3/t19-,20-/m0/s1. The lowest BCUT2D eigenvalue weighted by molar-refractivity contribution is 0.267. The molecule has 0 saturated carbocycles. The fraction of sp³-hybridized carbons (Fsp3) is 0.524. The first-order valence-electron chi connectivity index (χ1n) is 9.91. The summed E-state index contributed by atoms with van der Waals surface area (Å²) in [4.78, 5) is 0.226. The molecule has 2 aromatic carbocycles. The van der Waals surface area contributed by atoms with Crippen LogP contribution in [0.1, 0.15) is 33.1 Å². The topological polar surface area (TPSA) is 104 Å². The maximum Gasteiger partial charge on any atom is 0.240 e. The molecular weight excluding hydrogens is 374 g/mol. The van der Waals surface area contributed by atoms with Gasteiger partial charge in [-0.05, 0) is 48.1 Å². The smallest absolute Gasteiger partial charge is 0.240 e. The maximum absolute atomic E-state index is 12.8. The minimum atomic E-state index is -3.69. The number of fused-ring (bicyclic) bond motifs is 1. The van der Waals surface area contributed by atoms with Crippen molar-refractivity contribution < 1.29 is 13.5 Å². The molecule has 0 aliphatic rings. The van der Waals surface area contributed by atoms with Crippen molar-refractivity contribution in [3.8, 4) is 0 Å². The third-order valence-electron chi connectivity index (χ3n) is 4.86. The molecule has 7 heteroatoms. The summed E-state index contributed by atoms with van der Waals surface area (Å²) in [6.07, 6.45) is 2.33. The first-order chi connectivity index (χ1) is 13.4. The molecule has 0 spiro atoms. The Morgan fingerprint density at radius 2 is 1.71 bits per heavy atom. The Morgan fingerprint density at radius 3 is 2.36 bits per heavy atom. The Balaban J connectivity index is 2.06. The van der Waals surface area contributed by atoms with E-state index in [1.165, 1.54) is 0 Å². The second kappa shape index (κ2) is 10.9. The molecule has 0 heterocycles. The number of hydrogen-bond acceptors (Lipinski definition) is 5. The monoisotopic (exact) mass is 407 g/mol. The van der Waals surface area contributed by atoms with Crippen LogP contribution in [0.15, 0.2) is 47.4 Å². The van der Waals surface area contributed by atoms with Crippen molar-refractivity contribution in [3.63, 3.8) is 0 Å². The second-order valence-corrected chi connectivity index (χ2v) is 9.37. The van der Waals surface area contributed by atoms with Gasteiger partial charge in [0, 0.05) is 31.8 Å². The van der Waals surface area contributed by atoms with Gasteiger partial charge in [-0.15, -0.1) is 0 Å². The van der Waals surface area contributed by atoms with Crippen molar-refractivity contribution in [2.75, 3.05) is 19.7 Å². The molecule has 0 aliphatic carbocycles. The van der Waals surface area contributed by atoms with Crippen LogP contribution in [0.25, 0.3) is 10.8 Å². The van der Waals surface area contributed by atoms with Crippen LogP contribution in [-0.2, 0) is 10.0 Å². The number of hydrogen-bond donors (Lipinski definition) is 4. The zero-order chi connectivity index (χ0) is 20.6. The highest BCUT2D eigenvalue weighted by molar-refractivity contribution is 7.89. The van der Waals surface area contributed by atoms with E-state index in [0.29, 0.717) is 25.4 Å². The van der Waals surface area contributed by atoms with Crippen LogP contribution in [-0.4, -0.2) is 45.3 Å². The number of nitrogens with two attached hydrogens (primary N) is 1. The van der Waals surface area contributed by atoms with Gasteiger partial charge in [-0.1, -0.05) is 44.2 Å². The Kier molecular flexibility index (Phi) is 8.85. The summed E-state index contributed by atoms with van der Waals surface area (Å²) in [5, 5.41) is 14.6. The number of aliphatic hydroxyl groups excluding tert-OH is 1. The Morgan fingerprint density at radius 1 is 1.00 bits per heavy atom. The molecule has 0 fully saturated rings. The largest absolute Gasteiger partial charge is 0.396 e. The second-order valence-electron chi connectivity index (χ2n) is 7.65. The van der Waals surface area contributed by atoms with Gasteiger partial charge >= 0.3 is 0 Å². The van der Waals surface area contributed by atoms with E-state index in [-0.39, 0.29) is 17.5 Å². The molecule has 156 valence electrons. The minimum absolute atomic E-state index is 0.0914. The van der Waals surface area contributed by atoms with Crippen LogP contribution in [0.3, 0.4) is 0 Å². The molecule has 2 rings (SSSR count). The molecule has 28 heavy (non-hydrogen) atoms. The summed E-state index contributed by atoms with van der Waals surface area (Å²) in [5.74, 6) is 0.593. The normalized spacial score (nSPS) is 14.5. The van der Waals surface area contributed by atoms with E-state index in [2.05, 4.69) is 23.9 Å². The van der Waals surface area contributed by atoms with E-state index >= 15 is 0 Å². The molecular formula is C21H33N3O3S. The first kappa shape index (κ1) is 22.8. The number of benzene rings is 2. The van der Waals surface area contributed by atoms with Gasteiger partial charge in [0.05, 0.1) is 4.90 Å². The van der Waals surface area contributed by atoms with Gasteiger partial charge in [-0.3, -0.25) is 0 Å². The summed E-state index contributed by atoms with van der Waals surface area (Å²) in [6, 6.07) is 12.5. The molecule has 0 aliphatic heterocycles. The molecule has 0 radical (unpaired) electrons. The quantitative estimate of drug-likeness (QED) is 0.432. The third-order valence-corrected chi connectivity index (χ3v) is 6.38. The average Bonchev–Trinajstić information content (AvgIpc) is 2.67. The van der Waals surface area contributed by atoms with Gasteiger partial charge in [0.15, 0.2) is 0 Å². The SMILES string of the molecule is CC(C)CC[C@@H](CN)NC[C@H](CCO)NS(=O)(=O)c1ccc2ccccc2c1. The molecule has 2 atom stereocenters. The summed E-state index contributed by atoms with van der Waals surface area (Å²) in [7, 11) is -3.69. The first-order valence-corrected chi connectivity index (χ1v) is 11.4. The van der Waals surface area contributed by atoms with Gasteiger partial charge in [0.25, 0.3) is 0 Å². The van der Waals surface area contributed by atoms with E-state index in [4.69, 9.17) is 5.73 Å². The fourth-order valence-corrected chi connectivity index (χ4v) is 4.43. The van der Waals surface area contributed by atoms with Crippen LogP contribution in [0, 0.1) is 5.92 Å². The predicted octanol–water partition coefficient (Wildman–Crippen LogP) is 2.22. The summed E-state index contributed by atoms with van der Waals surface area (Å²) >= 11 is 0. The van der Waals surface area contributed by atoms with E-state index in [1.807, 2.05) is 24.3 Å². The highest BCUT2D eigenvalue weighted by Gasteiger charge is 2.21. The predicted molar refractivity (Wildman–Crippen MR) is 115 cm³/mol. The lowest BCUT2D eigenvalue weighted by atomic mass is 10.0. The highest BCUT2D eigenvalue weighted by atomic mass is 32.2. The van der Waals surface area contributed by atoms with Crippen molar-refractivity contribution >= 4 is 20.8 Å². The molecule has 2 aromatic rings. The lowest BCUT2D eigenvalue weighted by Crippen LogP contribution is -2.47. The van der Waals surface area contributed by atoms with Crippen LogP contribution < -0.4 is 15.8 Å². The average molecular weight is 408 g/mol. The van der Waals surface area contributed by atoms with E-state index in [1.54, 1.807) is 18.2 Å². The Bertz CT molecular complexity index is 840. The molecule has 5 N–H and O–H groups in total. The van der Waals surface area contributed by atoms with Gasteiger partial charge in [-0.25, -0.2) is 13.1 Å². The highest BCUT2D eigenvalue weighted by Crippen LogP contribution is 2.19. The van der Waals surface area contributed by atoms with Crippen LogP contribution >= 0.6 is 0 Å². The van der Waals surface area contributed by atoms with Gasteiger partial charge in [-0.2, -0.15) is 0 Å². The maximum atomic E-state index is 12.8. The molecule has 0 saturated heterocycles. The number of nitrogens with one attached hydrogen (secondary N) is 2. The van der Waals surface area contributed by atoms with Crippen LogP contribution in [0.4, 0.5) is 0 Å². The number of sulfonamides is 1. The van der Waals surface area contributed by atoms with Gasteiger partial charge in [0.1, 0.15) is 0 Å². The number of rotatable bonds is 12. The van der Waals surface area contributed by atoms with Crippen molar-refractivity contribution in [1.82, 2.24) is 10.0 Å².